The summed E-state index contributed by atoms with van der Waals surface area (Å²) in [6.45, 7) is 0.786. The summed E-state index contributed by atoms with van der Waals surface area (Å²) in [5.41, 5.74) is -0.745. The number of carboxylic acids is 1. The second-order valence-electron chi connectivity index (χ2n) is 4.82. The average molecular weight is 275 g/mol. The maximum atomic E-state index is 13.1. The highest BCUT2D eigenvalue weighted by Gasteiger charge is 2.47. The summed E-state index contributed by atoms with van der Waals surface area (Å²) in [6, 6.07) is 3.84. The molecule has 0 bridgehead atoms. The van der Waals surface area contributed by atoms with Gasteiger partial charge in [-0.15, -0.1) is 0 Å². The molecule has 2 nitrogen and oxygen atoms in total. The lowest BCUT2D eigenvalue weighted by molar-refractivity contribution is -0.147. The van der Waals surface area contributed by atoms with Crippen molar-refractivity contribution >= 4 is 17.6 Å². The lowest BCUT2D eigenvalue weighted by atomic mass is 9.64. The van der Waals surface area contributed by atoms with E-state index in [9.17, 15) is 18.7 Å². The minimum absolute atomic E-state index is 0.108. The summed E-state index contributed by atoms with van der Waals surface area (Å²) >= 11 is 5.98. The van der Waals surface area contributed by atoms with E-state index in [0.717, 1.165) is 13.3 Å². The first-order valence-corrected chi connectivity index (χ1v) is 6.07. The molecule has 0 spiro atoms. The number of alkyl halides is 2. The average Bonchev–Trinajstić information content (AvgIpc) is 2.16. The first kappa shape index (κ1) is 13.3. The molecular formula is C13H13ClF2O2. The maximum absolute atomic E-state index is 13.1. The van der Waals surface area contributed by atoms with Crippen LogP contribution in [0.1, 0.15) is 37.3 Å². The fraction of sp³-hybridized carbons (Fsp3) is 0.462. The van der Waals surface area contributed by atoms with Crippen molar-refractivity contribution in [2.75, 3.05) is 0 Å². The lowest BCUT2D eigenvalue weighted by Crippen LogP contribution is -2.42. The quantitative estimate of drug-likeness (QED) is 0.906. The standard InChI is InChI=1S/C13H13ClF2O2/c1-12(15,16)8-3-4-9(10(14)7-8)13(11(17)18)5-2-6-13/h3-4,7H,2,5-6H2,1H3,(H,17,18). The van der Waals surface area contributed by atoms with Gasteiger partial charge in [-0.05, 0) is 24.5 Å². The largest absolute Gasteiger partial charge is 0.481 e. The Balaban J connectivity index is 2.45. The summed E-state index contributed by atoms with van der Waals surface area (Å²) in [5.74, 6) is -3.91. The second-order valence-corrected chi connectivity index (χ2v) is 5.23. The van der Waals surface area contributed by atoms with Gasteiger partial charge in [0.1, 0.15) is 0 Å². The van der Waals surface area contributed by atoms with Crippen LogP contribution in [0.5, 0.6) is 0 Å². The van der Waals surface area contributed by atoms with Gasteiger partial charge in [-0.3, -0.25) is 4.79 Å². The number of hydrogen-bond acceptors (Lipinski definition) is 1. The van der Waals surface area contributed by atoms with E-state index in [-0.39, 0.29) is 10.6 Å². The summed E-state index contributed by atoms with van der Waals surface area (Å²) in [7, 11) is 0. The molecule has 0 aromatic heterocycles. The molecular weight excluding hydrogens is 262 g/mol. The van der Waals surface area contributed by atoms with Gasteiger partial charge >= 0.3 is 5.97 Å². The van der Waals surface area contributed by atoms with Crippen molar-refractivity contribution in [3.63, 3.8) is 0 Å². The molecule has 0 heterocycles. The molecule has 18 heavy (non-hydrogen) atoms. The number of halogens is 3. The Hall–Kier alpha value is -1.16. The van der Waals surface area contributed by atoms with Gasteiger partial charge in [0.05, 0.1) is 5.41 Å². The van der Waals surface area contributed by atoms with Crippen molar-refractivity contribution in [2.45, 2.75) is 37.5 Å². The summed E-state index contributed by atoms with van der Waals surface area (Å²) in [4.78, 5) is 11.3. The van der Waals surface area contributed by atoms with Crippen molar-refractivity contribution < 1.29 is 18.7 Å². The van der Waals surface area contributed by atoms with Gasteiger partial charge in [-0.2, -0.15) is 0 Å². The first-order chi connectivity index (χ1) is 8.27. The van der Waals surface area contributed by atoms with E-state index in [2.05, 4.69) is 0 Å². The number of hydrogen-bond donors (Lipinski definition) is 1. The van der Waals surface area contributed by atoms with Crippen LogP contribution in [0, 0.1) is 0 Å². The summed E-state index contributed by atoms with van der Waals surface area (Å²) in [5, 5.41) is 9.39. The highest BCUT2D eigenvalue weighted by Crippen LogP contribution is 2.47. The third kappa shape index (κ3) is 1.99. The Morgan fingerprint density at radius 2 is 2.06 bits per heavy atom. The zero-order chi connectivity index (χ0) is 13.6. The Labute approximate surface area is 109 Å². The zero-order valence-corrected chi connectivity index (χ0v) is 10.6. The molecule has 1 aromatic rings. The van der Waals surface area contributed by atoms with Gasteiger partial charge in [-0.1, -0.05) is 30.2 Å². The number of benzene rings is 1. The van der Waals surface area contributed by atoms with Crippen LogP contribution < -0.4 is 0 Å². The van der Waals surface area contributed by atoms with Gasteiger partial charge in [0.15, 0.2) is 0 Å². The molecule has 1 N–H and O–H groups in total. The molecule has 0 unspecified atom stereocenters. The molecule has 0 radical (unpaired) electrons. The molecule has 1 aromatic carbocycles. The predicted octanol–water partition coefficient (Wildman–Crippen LogP) is 3.96. The maximum Gasteiger partial charge on any atom is 0.314 e. The molecule has 1 aliphatic carbocycles. The van der Waals surface area contributed by atoms with Crippen LogP contribution in [0.15, 0.2) is 18.2 Å². The van der Waals surface area contributed by atoms with Crippen LogP contribution in [0.2, 0.25) is 5.02 Å². The summed E-state index contributed by atoms with van der Waals surface area (Å²) in [6.07, 6.45) is 1.82. The number of rotatable bonds is 3. The number of carbonyl (C=O) groups is 1. The van der Waals surface area contributed by atoms with Crippen LogP contribution in [-0.4, -0.2) is 11.1 Å². The molecule has 0 saturated heterocycles. The van der Waals surface area contributed by atoms with Gasteiger partial charge < -0.3 is 5.11 Å². The third-order valence-electron chi connectivity index (χ3n) is 3.61. The fourth-order valence-corrected chi connectivity index (χ4v) is 2.67. The Bertz CT molecular complexity index is 490. The molecule has 0 amide bonds. The third-order valence-corrected chi connectivity index (χ3v) is 3.92. The van der Waals surface area contributed by atoms with Crippen molar-refractivity contribution in [1.82, 2.24) is 0 Å². The van der Waals surface area contributed by atoms with Gasteiger partial charge in [0.25, 0.3) is 5.92 Å². The molecule has 0 aliphatic heterocycles. The van der Waals surface area contributed by atoms with E-state index < -0.39 is 17.3 Å². The van der Waals surface area contributed by atoms with Crippen LogP contribution in [-0.2, 0) is 16.1 Å². The van der Waals surface area contributed by atoms with E-state index >= 15 is 0 Å². The molecule has 98 valence electrons. The molecule has 5 heteroatoms. The van der Waals surface area contributed by atoms with E-state index in [4.69, 9.17) is 11.6 Å². The normalized spacial score (nSPS) is 18.2. The van der Waals surface area contributed by atoms with E-state index in [1.54, 1.807) is 0 Å². The van der Waals surface area contributed by atoms with Crippen LogP contribution in [0.3, 0.4) is 0 Å². The second kappa shape index (κ2) is 4.19. The van der Waals surface area contributed by atoms with Gasteiger partial charge in [-0.25, -0.2) is 8.78 Å². The molecule has 1 saturated carbocycles. The monoisotopic (exact) mass is 274 g/mol. The van der Waals surface area contributed by atoms with Gasteiger partial charge in [0, 0.05) is 17.5 Å². The first-order valence-electron chi connectivity index (χ1n) is 5.69. The molecule has 1 aliphatic rings. The molecule has 2 rings (SSSR count). The molecule has 0 atom stereocenters. The zero-order valence-electron chi connectivity index (χ0n) is 9.84. The van der Waals surface area contributed by atoms with E-state index in [1.807, 2.05) is 0 Å². The molecule has 1 fully saturated rings. The number of aliphatic carboxylic acids is 1. The van der Waals surface area contributed by atoms with Gasteiger partial charge in [0.2, 0.25) is 0 Å². The van der Waals surface area contributed by atoms with E-state index in [1.165, 1.54) is 18.2 Å². The van der Waals surface area contributed by atoms with Crippen molar-refractivity contribution in [2.24, 2.45) is 0 Å². The van der Waals surface area contributed by atoms with Crippen molar-refractivity contribution in [3.8, 4) is 0 Å². The highest BCUT2D eigenvalue weighted by atomic mass is 35.5. The SMILES string of the molecule is CC(F)(F)c1ccc(C2(C(=O)O)CCC2)c(Cl)c1. The topological polar surface area (TPSA) is 37.3 Å². The lowest BCUT2D eigenvalue weighted by Gasteiger charge is -2.38. The predicted molar refractivity (Wildman–Crippen MR) is 64.2 cm³/mol. The van der Waals surface area contributed by atoms with Crippen LogP contribution in [0.25, 0.3) is 0 Å². The van der Waals surface area contributed by atoms with Crippen LogP contribution in [0.4, 0.5) is 8.78 Å². The summed E-state index contributed by atoms with van der Waals surface area (Å²) < 4.78 is 26.3. The Kier molecular flexibility index (Phi) is 3.09. The smallest absolute Gasteiger partial charge is 0.314 e. The fourth-order valence-electron chi connectivity index (χ4n) is 2.31. The van der Waals surface area contributed by atoms with E-state index in [0.29, 0.717) is 18.4 Å². The highest BCUT2D eigenvalue weighted by molar-refractivity contribution is 6.31. The minimum Gasteiger partial charge on any atom is -0.481 e. The Morgan fingerprint density at radius 3 is 2.39 bits per heavy atom. The minimum atomic E-state index is -2.97. The van der Waals surface area contributed by atoms with Crippen molar-refractivity contribution in [1.29, 1.82) is 0 Å². The number of carboxylic acid groups (broad SMARTS) is 1. The van der Waals surface area contributed by atoms with Crippen molar-refractivity contribution in [3.05, 3.63) is 34.3 Å². The Morgan fingerprint density at radius 1 is 1.44 bits per heavy atom. The van der Waals surface area contributed by atoms with Crippen LogP contribution >= 0.6 is 11.6 Å².